The lowest BCUT2D eigenvalue weighted by molar-refractivity contribution is -0.121. The van der Waals surface area contributed by atoms with Gasteiger partial charge in [0.2, 0.25) is 0 Å². The fourth-order valence-corrected chi connectivity index (χ4v) is 7.69. The van der Waals surface area contributed by atoms with Gasteiger partial charge in [0.05, 0.1) is 64.9 Å². The van der Waals surface area contributed by atoms with E-state index >= 15 is 0 Å². The summed E-state index contributed by atoms with van der Waals surface area (Å²) in [5.74, 6) is 2.40. The van der Waals surface area contributed by atoms with E-state index in [2.05, 4.69) is 24.5 Å². The molecule has 0 aromatic carbocycles. The maximum Gasteiger partial charge on any atom is 0.315 e. The van der Waals surface area contributed by atoms with Crippen molar-refractivity contribution in [2.75, 3.05) is 85.0 Å². The lowest BCUT2D eigenvalue weighted by Gasteiger charge is -2.16. The van der Waals surface area contributed by atoms with Gasteiger partial charge in [-0.3, -0.25) is 14.4 Å². The molecule has 0 bridgehead atoms. The van der Waals surface area contributed by atoms with E-state index < -0.39 is 0 Å². The lowest BCUT2D eigenvalue weighted by Crippen LogP contribution is -2.36. The van der Waals surface area contributed by atoms with E-state index in [4.69, 9.17) is 28.4 Å². The maximum absolute atomic E-state index is 12.2. The van der Waals surface area contributed by atoms with Crippen LogP contribution >= 0.6 is 11.8 Å². The van der Waals surface area contributed by atoms with E-state index in [0.29, 0.717) is 135 Å². The second kappa shape index (κ2) is 32.6. The summed E-state index contributed by atoms with van der Waals surface area (Å²) in [7, 11) is 0. The molecule has 0 radical (unpaired) electrons. The third kappa shape index (κ3) is 26.8. The molecule has 0 aromatic heterocycles. The summed E-state index contributed by atoms with van der Waals surface area (Å²) >= 11 is 1.92. The smallest absolute Gasteiger partial charge is 0.315 e. The van der Waals surface area contributed by atoms with E-state index in [-0.39, 0.29) is 29.7 Å². The first-order valence-electron chi connectivity index (χ1n) is 20.5. The molecule has 308 valence electrons. The number of hydrogen-bond acceptors (Lipinski definition) is 11. The number of urea groups is 1. The molecule has 2 fully saturated rings. The highest BCUT2D eigenvalue weighted by Crippen LogP contribution is 2.33. The van der Waals surface area contributed by atoms with Crippen molar-refractivity contribution < 1.29 is 47.6 Å². The molecule has 2 unspecified atom stereocenters. The second-order valence-electron chi connectivity index (χ2n) is 14.6. The number of Topliss-reactive ketones (excluding diaryl/α,β-unsaturated/α-hetero) is 3. The Morgan fingerprint density at radius 3 is 1.40 bits per heavy atom. The maximum atomic E-state index is 12.2. The van der Waals surface area contributed by atoms with Crippen molar-refractivity contribution in [2.24, 2.45) is 5.92 Å². The molecule has 2 amide bonds. The van der Waals surface area contributed by atoms with Crippen molar-refractivity contribution in [3.63, 3.8) is 0 Å². The van der Waals surface area contributed by atoms with E-state index in [1.807, 2.05) is 11.8 Å². The Hall–Kier alpha value is -1.61. The highest BCUT2D eigenvalue weighted by molar-refractivity contribution is 8.00. The number of amides is 2. The predicted octanol–water partition coefficient (Wildman–Crippen LogP) is 6.25. The molecular formula is C40H72N2O10S. The van der Waals surface area contributed by atoms with E-state index in [9.17, 15) is 19.2 Å². The number of fused-ring (bicyclic) bond motifs is 1. The molecule has 2 aliphatic rings. The van der Waals surface area contributed by atoms with Gasteiger partial charge in [-0.25, -0.2) is 4.79 Å². The number of ketones is 3. The minimum atomic E-state index is -0.0481. The van der Waals surface area contributed by atoms with Gasteiger partial charge in [0, 0.05) is 76.0 Å². The molecule has 3 atom stereocenters. The van der Waals surface area contributed by atoms with Crippen LogP contribution in [0.25, 0.3) is 0 Å². The molecular weight excluding hydrogens is 701 g/mol. The van der Waals surface area contributed by atoms with Crippen LogP contribution < -0.4 is 10.6 Å². The van der Waals surface area contributed by atoms with Crippen molar-refractivity contribution in [2.45, 2.75) is 140 Å². The first-order chi connectivity index (χ1) is 25.8. The van der Waals surface area contributed by atoms with Gasteiger partial charge >= 0.3 is 6.03 Å². The monoisotopic (exact) mass is 772 g/mol. The lowest BCUT2D eigenvalue weighted by atomic mass is 10.0. The number of carbonyl (C=O) groups excluding carboxylic acids is 4. The zero-order chi connectivity index (χ0) is 38.2. The summed E-state index contributed by atoms with van der Waals surface area (Å²) in [6.07, 6.45) is 13.0. The zero-order valence-electron chi connectivity index (χ0n) is 33.0. The summed E-state index contributed by atoms with van der Waals surface area (Å²) in [6.45, 7) is 11.4. The molecule has 53 heavy (non-hydrogen) atoms. The van der Waals surface area contributed by atoms with Gasteiger partial charge in [-0.05, 0) is 70.1 Å². The molecule has 2 saturated heterocycles. The number of carbonyl (C=O) groups is 4. The van der Waals surface area contributed by atoms with Gasteiger partial charge in [-0.2, -0.15) is 11.8 Å². The Morgan fingerprint density at radius 2 is 0.943 bits per heavy atom. The van der Waals surface area contributed by atoms with Crippen LogP contribution in [0.2, 0.25) is 0 Å². The third-order valence-corrected chi connectivity index (χ3v) is 10.9. The van der Waals surface area contributed by atoms with E-state index in [0.717, 1.165) is 76.6 Å². The van der Waals surface area contributed by atoms with Gasteiger partial charge in [-0.15, -0.1) is 0 Å². The van der Waals surface area contributed by atoms with Crippen molar-refractivity contribution >= 4 is 35.1 Å². The quantitative estimate of drug-likeness (QED) is 0.0540. The molecule has 2 aliphatic heterocycles. The van der Waals surface area contributed by atoms with E-state index in [1.165, 1.54) is 0 Å². The summed E-state index contributed by atoms with van der Waals surface area (Å²) in [4.78, 5) is 47.9. The molecule has 0 aromatic rings. The van der Waals surface area contributed by atoms with Crippen LogP contribution in [0.15, 0.2) is 0 Å². The van der Waals surface area contributed by atoms with Crippen molar-refractivity contribution in [3.05, 3.63) is 0 Å². The SMILES string of the molecule is CC(C)CCOCCOCCOCCCCC(=O)CCCC(=O)CCCCOCCOCCOCCCCC(=O)CCCC[C@@H]1SCC2NC(=O)NC21. The van der Waals surface area contributed by atoms with Gasteiger partial charge in [0.1, 0.15) is 17.3 Å². The van der Waals surface area contributed by atoms with Crippen LogP contribution in [0, 0.1) is 5.92 Å². The number of thioether (sulfide) groups is 1. The van der Waals surface area contributed by atoms with Crippen LogP contribution in [-0.2, 0) is 42.8 Å². The van der Waals surface area contributed by atoms with Crippen LogP contribution in [-0.4, -0.2) is 126 Å². The standard InChI is InChI=1S/C40H72N2O10S/c1-33(2)19-23-50-27-31-52-30-26-49-22-10-7-15-36(45)17-11-16-35(44)14-6-9-21-48-25-29-51-28-24-47-20-8-5-13-34(43)12-3-4-18-38-39-37(32-53-38)41-40(46)42-39/h33,37-39H,3-32H2,1-2H3,(H2,41,42,46)/t37?,38-,39?/m0/s1. The Bertz CT molecular complexity index is 972. The minimum absolute atomic E-state index is 0.0481. The van der Waals surface area contributed by atoms with E-state index in [1.54, 1.807) is 0 Å². The highest BCUT2D eigenvalue weighted by Gasteiger charge is 2.42. The van der Waals surface area contributed by atoms with Crippen molar-refractivity contribution in [3.8, 4) is 0 Å². The average Bonchev–Trinajstić information content (AvgIpc) is 3.69. The van der Waals surface area contributed by atoms with Crippen molar-refractivity contribution in [1.29, 1.82) is 0 Å². The molecule has 0 saturated carbocycles. The van der Waals surface area contributed by atoms with Gasteiger partial charge in [0.15, 0.2) is 0 Å². The number of ether oxygens (including phenoxy) is 6. The third-order valence-electron chi connectivity index (χ3n) is 9.35. The van der Waals surface area contributed by atoms with Crippen molar-refractivity contribution in [1.82, 2.24) is 10.6 Å². The minimum Gasteiger partial charge on any atom is -0.379 e. The van der Waals surface area contributed by atoms with Crippen LogP contribution in [0.5, 0.6) is 0 Å². The molecule has 2 N–H and O–H groups in total. The Balaban J connectivity index is 1.21. The topological polar surface area (TPSA) is 148 Å². The van der Waals surface area contributed by atoms with Gasteiger partial charge < -0.3 is 39.1 Å². The van der Waals surface area contributed by atoms with Crippen LogP contribution in [0.1, 0.15) is 123 Å². The highest BCUT2D eigenvalue weighted by atomic mass is 32.2. The first-order valence-corrected chi connectivity index (χ1v) is 21.6. The molecule has 2 heterocycles. The fraction of sp³-hybridized carbons (Fsp3) is 0.900. The van der Waals surface area contributed by atoms with Gasteiger partial charge in [-0.1, -0.05) is 20.3 Å². The van der Waals surface area contributed by atoms with Crippen LogP contribution in [0.4, 0.5) is 4.79 Å². The second-order valence-corrected chi connectivity index (χ2v) is 15.8. The molecule has 2 rings (SSSR count). The average molecular weight is 773 g/mol. The first kappa shape index (κ1) is 47.5. The Morgan fingerprint density at radius 1 is 0.547 bits per heavy atom. The summed E-state index contributed by atoms with van der Waals surface area (Å²) < 4.78 is 33.3. The largest absolute Gasteiger partial charge is 0.379 e. The Labute approximate surface area is 324 Å². The molecule has 12 nitrogen and oxygen atoms in total. The Kier molecular flexibility index (Phi) is 29.3. The number of rotatable bonds is 39. The molecule has 13 heteroatoms. The molecule has 0 aliphatic carbocycles. The predicted molar refractivity (Wildman–Crippen MR) is 209 cm³/mol. The fourth-order valence-electron chi connectivity index (χ4n) is 6.15. The number of unbranched alkanes of at least 4 members (excludes halogenated alkanes) is 4. The summed E-state index contributed by atoms with van der Waals surface area (Å²) in [5, 5.41) is 6.45. The summed E-state index contributed by atoms with van der Waals surface area (Å²) in [6, 6.07) is 0.454. The van der Waals surface area contributed by atoms with Crippen LogP contribution in [0.3, 0.4) is 0 Å². The molecule has 0 spiro atoms. The zero-order valence-corrected chi connectivity index (χ0v) is 33.8. The normalized spacial score (nSPS) is 18.0. The summed E-state index contributed by atoms with van der Waals surface area (Å²) in [5.41, 5.74) is 0. The number of hydrogen-bond donors (Lipinski definition) is 2. The van der Waals surface area contributed by atoms with Gasteiger partial charge in [0.25, 0.3) is 0 Å². The number of nitrogens with one attached hydrogen (secondary N) is 2.